The Morgan fingerprint density at radius 2 is 2.28 bits per heavy atom. The molecule has 0 aliphatic carbocycles. The average molecular weight is 396 g/mol. The van der Waals surface area contributed by atoms with Crippen LogP contribution in [0.5, 0.6) is 0 Å². The molecule has 0 aromatic carbocycles. The first kappa shape index (κ1) is 14.5. The van der Waals surface area contributed by atoms with Crippen molar-refractivity contribution in [1.29, 1.82) is 0 Å². The molecule has 1 aliphatic rings. The Labute approximate surface area is 128 Å². The van der Waals surface area contributed by atoms with Gasteiger partial charge in [-0.15, -0.1) is 11.3 Å². The average Bonchev–Trinajstić information content (AvgIpc) is 2.85. The Balaban J connectivity index is 2.12. The molecule has 0 radical (unpaired) electrons. The van der Waals surface area contributed by atoms with Gasteiger partial charge < -0.3 is 9.80 Å². The molecular weight excluding hydrogens is 380 g/mol. The number of likely N-dealkylation sites (tertiary alicyclic amines) is 1. The summed E-state index contributed by atoms with van der Waals surface area (Å²) in [6.07, 6.45) is 2.22. The maximum absolute atomic E-state index is 12.5. The highest BCUT2D eigenvalue weighted by Gasteiger charge is 2.30. The van der Waals surface area contributed by atoms with Crippen molar-refractivity contribution in [2.75, 3.05) is 27.2 Å². The van der Waals surface area contributed by atoms with Gasteiger partial charge in [-0.05, 0) is 64.9 Å². The van der Waals surface area contributed by atoms with Gasteiger partial charge in [0.05, 0.1) is 8.66 Å². The number of carbonyl (C=O) groups excluding carboxylic acids is 1. The molecule has 6 heteroatoms. The third kappa shape index (κ3) is 3.15. The summed E-state index contributed by atoms with van der Waals surface area (Å²) in [5.74, 6) is 0.163. The Kier molecular flexibility index (Phi) is 4.86. The van der Waals surface area contributed by atoms with Crippen LogP contribution < -0.4 is 0 Å². The van der Waals surface area contributed by atoms with E-state index in [1.54, 1.807) is 0 Å². The Morgan fingerprint density at radius 3 is 2.83 bits per heavy atom. The van der Waals surface area contributed by atoms with E-state index in [1.807, 2.05) is 11.0 Å². The van der Waals surface area contributed by atoms with Gasteiger partial charge in [0.1, 0.15) is 0 Å². The number of hydrogen-bond donors (Lipinski definition) is 0. The first-order valence-corrected chi connectivity index (χ1v) is 8.30. The van der Waals surface area contributed by atoms with E-state index in [1.165, 1.54) is 11.3 Å². The smallest absolute Gasteiger partial charge is 0.264 e. The van der Waals surface area contributed by atoms with Crippen molar-refractivity contribution < 1.29 is 4.79 Å². The topological polar surface area (TPSA) is 23.6 Å². The van der Waals surface area contributed by atoms with Crippen molar-refractivity contribution in [3.05, 3.63) is 19.2 Å². The molecular formula is C12H16Br2N2OS. The quantitative estimate of drug-likeness (QED) is 0.782. The van der Waals surface area contributed by atoms with Crippen LogP contribution in [0.15, 0.2) is 14.3 Å². The molecule has 3 nitrogen and oxygen atoms in total. The normalized spacial score (nSPS) is 19.8. The summed E-state index contributed by atoms with van der Waals surface area (Å²) in [5, 5.41) is 0. The highest BCUT2D eigenvalue weighted by atomic mass is 79.9. The number of amides is 1. The molecule has 2 heterocycles. The van der Waals surface area contributed by atoms with Crippen LogP contribution in [-0.2, 0) is 0 Å². The zero-order chi connectivity index (χ0) is 13.3. The fraction of sp³-hybridized carbons (Fsp3) is 0.583. The summed E-state index contributed by atoms with van der Waals surface area (Å²) in [6, 6.07) is 2.26. The SMILES string of the molecule is CN(C)CC1CCCN1C(=O)c1cc(Br)c(Br)s1. The van der Waals surface area contributed by atoms with Crippen LogP contribution in [0.1, 0.15) is 22.5 Å². The van der Waals surface area contributed by atoms with E-state index in [2.05, 4.69) is 50.9 Å². The van der Waals surface area contributed by atoms with Crippen molar-refractivity contribution in [3.63, 3.8) is 0 Å². The van der Waals surface area contributed by atoms with E-state index in [4.69, 9.17) is 0 Å². The number of hydrogen-bond acceptors (Lipinski definition) is 3. The van der Waals surface area contributed by atoms with E-state index >= 15 is 0 Å². The van der Waals surface area contributed by atoms with Gasteiger partial charge >= 0.3 is 0 Å². The lowest BCUT2D eigenvalue weighted by Gasteiger charge is -2.26. The molecule has 1 unspecified atom stereocenters. The highest BCUT2D eigenvalue weighted by molar-refractivity contribution is 9.13. The molecule has 1 saturated heterocycles. The standard InChI is InChI=1S/C12H16Br2N2OS/c1-15(2)7-8-4-3-5-16(8)12(17)10-6-9(13)11(14)18-10/h6,8H,3-5,7H2,1-2H3. The molecule has 18 heavy (non-hydrogen) atoms. The van der Waals surface area contributed by atoms with Crippen molar-refractivity contribution in [2.45, 2.75) is 18.9 Å². The van der Waals surface area contributed by atoms with Gasteiger partial charge in [-0.25, -0.2) is 0 Å². The van der Waals surface area contributed by atoms with Crippen LogP contribution in [0, 0.1) is 0 Å². The zero-order valence-electron chi connectivity index (χ0n) is 10.4. The lowest BCUT2D eigenvalue weighted by Crippen LogP contribution is -2.41. The van der Waals surface area contributed by atoms with E-state index in [-0.39, 0.29) is 5.91 Å². The van der Waals surface area contributed by atoms with Crippen molar-refractivity contribution in [1.82, 2.24) is 9.80 Å². The number of nitrogens with zero attached hydrogens (tertiary/aromatic N) is 2. The van der Waals surface area contributed by atoms with Gasteiger partial charge in [0.25, 0.3) is 5.91 Å². The summed E-state index contributed by atoms with van der Waals surface area (Å²) < 4.78 is 1.94. The third-order valence-electron chi connectivity index (χ3n) is 3.07. The number of halogens is 2. The van der Waals surface area contributed by atoms with Crippen LogP contribution in [-0.4, -0.2) is 48.9 Å². The maximum Gasteiger partial charge on any atom is 0.264 e. The number of rotatable bonds is 3. The molecule has 1 aromatic rings. The fourth-order valence-electron chi connectivity index (χ4n) is 2.31. The Morgan fingerprint density at radius 1 is 1.56 bits per heavy atom. The predicted octanol–water partition coefficient (Wildman–Crippen LogP) is 3.44. The molecule has 0 N–H and O–H groups in total. The van der Waals surface area contributed by atoms with Gasteiger partial charge in [-0.3, -0.25) is 4.79 Å². The lowest BCUT2D eigenvalue weighted by molar-refractivity contribution is 0.0721. The molecule has 0 spiro atoms. The second-order valence-corrected chi connectivity index (χ2v) is 8.01. The monoisotopic (exact) mass is 394 g/mol. The summed E-state index contributed by atoms with van der Waals surface area (Å²) in [7, 11) is 4.11. The number of likely N-dealkylation sites (N-methyl/N-ethyl adjacent to an activating group) is 1. The van der Waals surface area contributed by atoms with Crippen molar-refractivity contribution >= 4 is 49.1 Å². The van der Waals surface area contributed by atoms with E-state index < -0.39 is 0 Å². The van der Waals surface area contributed by atoms with E-state index in [9.17, 15) is 4.79 Å². The minimum Gasteiger partial charge on any atom is -0.334 e. The van der Waals surface area contributed by atoms with Crippen LogP contribution in [0.2, 0.25) is 0 Å². The molecule has 1 aliphatic heterocycles. The van der Waals surface area contributed by atoms with Crippen molar-refractivity contribution in [2.24, 2.45) is 0 Å². The Bertz CT molecular complexity index is 428. The zero-order valence-corrected chi connectivity index (χ0v) is 14.4. The van der Waals surface area contributed by atoms with Crippen molar-refractivity contribution in [3.8, 4) is 0 Å². The number of thiophene rings is 1. The van der Waals surface area contributed by atoms with Gasteiger partial charge in [-0.1, -0.05) is 0 Å². The summed E-state index contributed by atoms with van der Waals surface area (Å²) in [4.78, 5) is 17.5. The van der Waals surface area contributed by atoms with E-state index in [0.29, 0.717) is 6.04 Å². The number of carbonyl (C=O) groups is 1. The highest BCUT2D eigenvalue weighted by Crippen LogP contribution is 2.34. The second-order valence-electron chi connectivity index (χ2n) is 4.79. The molecule has 0 bridgehead atoms. The Hall–Kier alpha value is 0.0900. The molecule has 1 atom stereocenters. The van der Waals surface area contributed by atoms with Gasteiger partial charge in [0.2, 0.25) is 0 Å². The van der Waals surface area contributed by atoms with E-state index in [0.717, 1.165) is 39.1 Å². The predicted molar refractivity (Wildman–Crippen MR) is 82.3 cm³/mol. The fourth-order valence-corrected chi connectivity index (χ4v) is 4.30. The van der Waals surface area contributed by atoms with Crippen LogP contribution in [0.4, 0.5) is 0 Å². The van der Waals surface area contributed by atoms with Crippen LogP contribution in [0.3, 0.4) is 0 Å². The lowest BCUT2D eigenvalue weighted by atomic mass is 10.2. The first-order chi connectivity index (χ1) is 8.49. The third-order valence-corrected chi connectivity index (χ3v) is 6.31. The van der Waals surface area contributed by atoms with Gasteiger partial charge in [0, 0.05) is 23.6 Å². The second kappa shape index (κ2) is 6.03. The van der Waals surface area contributed by atoms with Crippen LogP contribution in [0.25, 0.3) is 0 Å². The summed E-state index contributed by atoms with van der Waals surface area (Å²) in [5.41, 5.74) is 0. The molecule has 0 saturated carbocycles. The molecule has 1 aromatic heterocycles. The van der Waals surface area contributed by atoms with Crippen LogP contribution >= 0.6 is 43.2 Å². The summed E-state index contributed by atoms with van der Waals surface area (Å²) >= 11 is 8.37. The molecule has 1 fully saturated rings. The summed E-state index contributed by atoms with van der Waals surface area (Å²) in [6.45, 7) is 1.82. The largest absolute Gasteiger partial charge is 0.334 e. The molecule has 2 rings (SSSR count). The minimum atomic E-state index is 0.163. The first-order valence-electron chi connectivity index (χ1n) is 5.89. The molecule has 100 valence electrons. The molecule has 1 amide bonds. The van der Waals surface area contributed by atoms with Gasteiger partial charge in [-0.2, -0.15) is 0 Å². The minimum absolute atomic E-state index is 0.163. The van der Waals surface area contributed by atoms with Gasteiger partial charge in [0.15, 0.2) is 0 Å². The maximum atomic E-state index is 12.5.